The van der Waals surface area contributed by atoms with Crippen LogP contribution in [0.5, 0.6) is 23.0 Å². The highest BCUT2D eigenvalue weighted by Gasteiger charge is 2.19. The predicted octanol–water partition coefficient (Wildman–Crippen LogP) is 6.66. The summed E-state index contributed by atoms with van der Waals surface area (Å²) in [5, 5.41) is 28.5. The average Bonchev–Trinajstić information content (AvgIpc) is 2.69. The van der Waals surface area contributed by atoms with Crippen molar-refractivity contribution in [3.05, 3.63) is 83.4 Å². The van der Waals surface area contributed by atoms with Gasteiger partial charge in [-0.3, -0.25) is 0 Å². The van der Waals surface area contributed by atoms with E-state index in [1.54, 1.807) is 18.2 Å². The lowest BCUT2D eigenvalue weighted by Crippen LogP contribution is -2.11. The molecule has 0 radical (unpaired) electrons. The molecule has 0 atom stereocenters. The lowest BCUT2D eigenvalue weighted by atomic mass is 9.86. The van der Waals surface area contributed by atoms with Crippen molar-refractivity contribution in [1.82, 2.24) is 0 Å². The maximum absolute atomic E-state index is 9.90. The van der Waals surface area contributed by atoms with Crippen LogP contribution in [0.25, 0.3) is 0 Å². The van der Waals surface area contributed by atoms with Gasteiger partial charge < -0.3 is 20.1 Å². The third-order valence-electron chi connectivity index (χ3n) is 4.81. The molecule has 0 saturated heterocycles. The van der Waals surface area contributed by atoms with Crippen LogP contribution in [0.4, 0.5) is 0 Å². The molecule has 3 aromatic rings. The van der Waals surface area contributed by atoms with Crippen LogP contribution in [0.1, 0.15) is 58.2 Å². The second-order valence-electron chi connectivity index (χ2n) is 9.65. The van der Waals surface area contributed by atoms with Crippen molar-refractivity contribution in [2.75, 3.05) is 0 Å². The van der Waals surface area contributed by atoms with Gasteiger partial charge in [0.2, 0.25) is 0 Å². The summed E-state index contributed by atoms with van der Waals surface area (Å²) in [6, 6.07) is 20.0. The smallest absolute Gasteiger partial charge is 0.120 e. The molecule has 0 spiro atoms. The minimum atomic E-state index is -0.136. The fourth-order valence-electron chi connectivity index (χ4n) is 3.07. The van der Waals surface area contributed by atoms with E-state index in [9.17, 15) is 15.3 Å². The summed E-state index contributed by atoms with van der Waals surface area (Å²) < 4.78 is 5.77. The molecule has 0 fully saturated rings. The van der Waals surface area contributed by atoms with E-state index in [2.05, 4.69) is 20.8 Å². The zero-order chi connectivity index (χ0) is 23.2. The van der Waals surface area contributed by atoms with Crippen molar-refractivity contribution in [3.8, 4) is 23.0 Å². The first kappa shape index (κ1) is 24.1. The van der Waals surface area contributed by atoms with Crippen molar-refractivity contribution < 1.29 is 20.1 Å². The fourth-order valence-corrected chi connectivity index (χ4v) is 3.07. The molecule has 4 nitrogen and oxygen atoms in total. The molecule has 0 unspecified atom stereocenters. The number of hydrogen-bond acceptors (Lipinski definition) is 4. The summed E-state index contributed by atoms with van der Waals surface area (Å²) in [6.45, 7) is 12.7. The van der Waals surface area contributed by atoms with E-state index in [1.807, 2.05) is 57.2 Å². The number of benzene rings is 3. The normalized spacial score (nSPS) is 11.4. The van der Waals surface area contributed by atoms with Crippen molar-refractivity contribution in [2.24, 2.45) is 0 Å². The van der Waals surface area contributed by atoms with Gasteiger partial charge in [-0.25, -0.2) is 0 Å². The van der Waals surface area contributed by atoms with Gasteiger partial charge in [-0.05, 0) is 52.8 Å². The van der Waals surface area contributed by atoms with Crippen molar-refractivity contribution in [3.63, 3.8) is 0 Å². The molecule has 0 aromatic heterocycles. The fraction of sp³-hybridized carbons (Fsp3) is 0.333. The first-order chi connectivity index (χ1) is 14.4. The van der Waals surface area contributed by atoms with Crippen LogP contribution < -0.4 is 4.74 Å². The molecule has 166 valence electrons. The molecule has 31 heavy (non-hydrogen) atoms. The van der Waals surface area contributed by atoms with Gasteiger partial charge in [0.15, 0.2) is 0 Å². The molecule has 0 amide bonds. The molecule has 0 aliphatic carbocycles. The lowest BCUT2D eigenvalue weighted by Gasteiger charge is -2.21. The van der Waals surface area contributed by atoms with Crippen molar-refractivity contribution >= 4 is 0 Å². The molecule has 0 saturated carbocycles. The molecule has 3 N–H and O–H groups in total. The van der Waals surface area contributed by atoms with Crippen LogP contribution in [0.2, 0.25) is 0 Å². The van der Waals surface area contributed by atoms with Gasteiger partial charge in [-0.15, -0.1) is 0 Å². The second-order valence-corrected chi connectivity index (χ2v) is 9.65. The standard InChI is InChI=1S/C17H20O2.C10H14O2/c1-17(2,3)15-11-14(9-10-16(15)18)19-12-13-7-5-4-6-8-13;1-10(2,3)8-6-7(11)4-5-9(8)12/h4-11,18H,12H2,1-3H3;4-6,11-12H,1-3H3. The first-order valence-electron chi connectivity index (χ1n) is 10.4. The highest BCUT2D eigenvalue weighted by atomic mass is 16.5. The lowest BCUT2D eigenvalue weighted by molar-refractivity contribution is 0.304. The van der Waals surface area contributed by atoms with E-state index in [1.165, 1.54) is 12.1 Å². The van der Waals surface area contributed by atoms with Crippen molar-refractivity contribution in [1.29, 1.82) is 0 Å². The van der Waals surface area contributed by atoms with E-state index in [4.69, 9.17) is 4.74 Å². The molecular formula is C27H34O4. The number of phenolic OH excluding ortho intramolecular Hbond substituents is 3. The quantitative estimate of drug-likeness (QED) is 0.413. The Morgan fingerprint density at radius 2 is 1.16 bits per heavy atom. The molecule has 0 aliphatic rings. The topological polar surface area (TPSA) is 69.9 Å². The number of rotatable bonds is 3. The third kappa shape index (κ3) is 7.25. The Labute approximate surface area is 185 Å². The maximum atomic E-state index is 9.90. The summed E-state index contributed by atoms with van der Waals surface area (Å²) in [4.78, 5) is 0. The van der Waals surface area contributed by atoms with Crippen LogP contribution >= 0.6 is 0 Å². The van der Waals surface area contributed by atoms with E-state index in [0.717, 1.165) is 22.4 Å². The van der Waals surface area contributed by atoms with Gasteiger partial charge in [0, 0.05) is 11.1 Å². The van der Waals surface area contributed by atoms with Crippen LogP contribution in [-0.2, 0) is 17.4 Å². The largest absolute Gasteiger partial charge is 0.508 e. The van der Waals surface area contributed by atoms with Gasteiger partial charge in [0.25, 0.3) is 0 Å². The van der Waals surface area contributed by atoms with Gasteiger partial charge >= 0.3 is 0 Å². The Morgan fingerprint density at radius 3 is 1.68 bits per heavy atom. The summed E-state index contributed by atoms with van der Waals surface area (Å²) >= 11 is 0. The summed E-state index contributed by atoms with van der Waals surface area (Å²) in [7, 11) is 0. The molecule has 3 rings (SSSR count). The summed E-state index contributed by atoms with van der Waals surface area (Å²) in [6.07, 6.45) is 0. The van der Waals surface area contributed by atoms with Gasteiger partial charge in [0.1, 0.15) is 29.6 Å². The van der Waals surface area contributed by atoms with E-state index in [-0.39, 0.29) is 22.3 Å². The zero-order valence-electron chi connectivity index (χ0n) is 19.3. The molecule has 0 heterocycles. The van der Waals surface area contributed by atoms with Gasteiger partial charge in [0.05, 0.1) is 0 Å². The maximum Gasteiger partial charge on any atom is 0.120 e. The molecule has 0 aliphatic heterocycles. The summed E-state index contributed by atoms with van der Waals surface area (Å²) in [5.74, 6) is 1.53. The Hall–Kier alpha value is -3.14. The van der Waals surface area contributed by atoms with E-state index in [0.29, 0.717) is 12.4 Å². The number of ether oxygens (including phenoxy) is 1. The number of aromatic hydroxyl groups is 3. The van der Waals surface area contributed by atoms with Crippen LogP contribution in [-0.4, -0.2) is 15.3 Å². The predicted molar refractivity (Wildman–Crippen MR) is 126 cm³/mol. The zero-order valence-corrected chi connectivity index (χ0v) is 19.3. The Balaban J connectivity index is 0.000000245. The van der Waals surface area contributed by atoms with Crippen LogP contribution in [0.15, 0.2) is 66.7 Å². The minimum absolute atomic E-state index is 0.101. The molecular weight excluding hydrogens is 388 g/mol. The monoisotopic (exact) mass is 422 g/mol. The first-order valence-corrected chi connectivity index (χ1v) is 10.4. The number of phenols is 3. The molecule has 4 heteroatoms. The van der Waals surface area contributed by atoms with Gasteiger partial charge in [-0.1, -0.05) is 71.9 Å². The molecule has 3 aromatic carbocycles. The van der Waals surface area contributed by atoms with Crippen molar-refractivity contribution in [2.45, 2.75) is 59.0 Å². The van der Waals surface area contributed by atoms with Gasteiger partial charge in [-0.2, -0.15) is 0 Å². The Bertz CT molecular complexity index is 980. The average molecular weight is 423 g/mol. The number of hydrogen-bond donors (Lipinski definition) is 3. The minimum Gasteiger partial charge on any atom is -0.508 e. The highest BCUT2D eigenvalue weighted by molar-refractivity contribution is 5.43. The van der Waals surface area contributed by atoms with Crippen LogP contribution in [0.3, 0.4) is 0 Å². The van der Waals surface area contributed by atoms with E-state index < -0.39 is 0 Å². The summed E-state index contributed by atoms with van der Waals surface area (Å²) in [5.41, 5.74) is 2.56. The van der Waals surface area contributed by atoms with E-state index >= 15 is 0 Å². The third-order valence-corrected chi connectivity index (χ3v) is 4.81. The Morgan fingerprint density at radius 1 is 0.645 bits per heavy atom. The Kier molecular flexibility index (Phi) is 7.61. The molecule has 0 bridgehead atoms. The second kappa shape index (κ2) is 9.78. The SMILES string of the molecule is CC(C)(C)c1cc(O)ccc1O.CC(C)(C)c1cc(OCc2ccccc2)ccc1O. The highest BCUT2D eigenvalue weighted by Crippen LogP contribution is 2.34. The van der Waals surface area contributed by atoms with Crippen LogP contribution in [0, 0.1) is 0 Å².